The fourth-order valence-corrected chi connectivity index (χ4v) is 2.40. The minimum Gasteiger partial charge on any atom is -0.346 e. The molecule has 0 saturated heterocycles. The lowest BCUT2D eigenvalue weighted by Crippen LogP contribution is -2.35. The predicted molar refractivity (Wildman–Crippen MR) is 72.0 cm³/mol. The van der Waals surface area contributed by atoms with Crippen molar-refractivity contribution in [2.45, 2.75) is 64.3 Å². The Hall–Kier alpha value is -0.570. The first-order valence-electron chi connectivity index (χ1n) is 7.21. The molecule has 0 aromatic heterocycles. The number of carbonyl (C=O) groups excluding carboxylic acids is 1. The lowest BCUT2D eigenvalue weighted by atomic mass is 9.95. The van der Waals surface area contributed by atoms with Crippen LogP contribution in [-0.2, 0) is 4.79 Å². The molecule has 0 unspecified atom stereocenters. The van der Waals surface area contributed by atoms with Gasteiger partial charge in [0.1, 0.15) is 0 Å². The van der Waals surface area contributed by atoms with E-state index in [0.717, 1.165) is 25.9 Å². The van der Waals surface area contributed by atoms with Crippen LogP contribution in [0.5, 0.6) is 0 Å². The van der Waals surface area contributed by atoms with Crippen molar-refractivity contribution in [3.05, 3.63) is 0 Å². The Morgan fingerprint density at radius 2 is 2.00 bits per heavy atom. The van der Waals surface area contributed by atoms with Gasteiger partial charge in [-0.3, -0.25) is 4.79 Å². The molecule has 0 atom stereocenters. The normalized spacial score (nSPS) is 17.1. The topological polar surface area (TPSA) is 32.3 Å². The van der Waals surface area contributed by atoms with E-state index in [1.165, 1.54) is 32.1 Å². The van der Waals surface area contributed by atoms with E-state index >= 15 is 0 Å². The van der Waals surface area contributed by atoms with E-state index in [1.54, 1.807) is 0 Å². The maximum atomic E-state index is 11.8. The van der Waals surface area contributed by atoms with Crippen molar-refractivity contribution >= 4 is 5.91 Å². The molecule has 0 bridgehead atoms. The van der Waals surface area contributed by atoms with Crippen molar-refractivity contribution in [1.82, 2.24) is 10.2 Å². The summed E-state index contributed by atoms with van der Waals surface area (Å²) in [5.41, 5.74) is 0. The van der Waals surface area contributed by atoms with Crippen LogP contribution in [0.15, 0.2) is 0 Å². The number of hydrogen-bond donors (Lipinski definition) is 1. The zero-order chi connectivity index (χ0) is 12.5. The largest absolute Gasteiger partial charge is 0.346 e. The lowest BCUT2D eigenvalue weighted by molar-refractivity contribution is -0.129. The smallest absolute Gasteiger partial charge is 0.223 e. The number of nitrogens with one attached hydrogen (secondary N) is 1. The van der Waals surface area contributed by atoms with E-state index in [2.05, 4.69) is 12.2 Å². The molecule has 3 heteroatoms. The molecule has 100 valence electrons. The quantitative estimate of drug-likeness (QED) is 0.742. The zero-order valence-electron chi connectivity index (χ0n) is 11.5. The summed E-state index contributed by atoms with van der Waals surface area (Å²) >= 11 is 0. The summed E-state index contributed by atoms with van der Waals surface area (Å²) in [6.07, 6.45) is 9.58. The third kappa shape index (κ3) is 6.06. The minimum absolute atomic E-state index is 0.279. The summed E-state index contributed by atoms with van der Waals surface area (Å²) in [5.74, 6) is 0.279. The molecule has 0 aromatic carbocycles. The SMILES string of the molecule is CCCCN(C)C(=O)CCNC1CCCCC1. The summed E-state index contributed by atoms with van der Waals surface area (Å²) in [6.45, 7) is 3.90. The van der Waals surface area contributed by atoms with Gasteiger partial charge in [-0.1, -0.05) is 32.6 Å². The second-order valence-electron chi connectivity index (χ2n) is 5.21. The molecular formula is C14H28N2O. The van der Waals surface area contributed by atoms with Crippen LogP contribution in [0.25, 0.3) is 0 Å². The van der Waals surface area contributed by atoms with Crippen LogP contribution in [0.4, 0.5) is 0 Å². The molecule has 0 spiro atoms. The highest BCUT2D eigenvalue weighted by Gasteiger charge is 2.13. The maximum Gasteiger partial charge on any atom is 0.223 e. The van der Waals surface area contributed by atoms with Crippen LogP contribution in [0, 0.1) is 0 Å². The van der Waals surface area contributed by atoms with Crippen molar-refractivity contribution in [1.29, 1.82) is 0 Å². The second-order valence-corrected chi connectivity index (χ2v) is 5.21. The van der Waals surface area contributed by atoms with Crippen molar-refractivity contribution in [2.24, 2.45) is 0 Å². The third-order valence-electron chi connectivity index (χ3n) is 3.65. The molecule has 0 radical (unpaired) electrons. The number of nitrogens with zero attached hydrogens (tertiary/aromatic N) is 1. The highest BCUT2D eigenvalue weighted by Crippen LogP contribution is 2.17. The average molecular weight is 240 g/mol. The molecule has 3 nitrogen and oxygen atoms in total. The van der Waals surface area contributed by atoms with Gasteiger partial charge in [0.05, 0.1) is 0 Å². The van der Waals surface area contributed by atoms with E-state index in [9.17, 15) is 4.79 Å². The first-order valence-corrected chi connectivity index (χ1v) is 7.21. The molecule has 1 rings (SSSR count). The van der Waals surface area contributed by atoms with Crippen LogP contribution in [-0.4, -0.2) is 37.0 Å². The Morgan fingerprint density at radius 3 is 2.65 bits per heavy atom. The lowest BCUT2D eigenvalue weighted by Gasteiger charge is -2.23. The van der Waals surface area contributed by atoms with E-state index in [1.807, 2.05) is 11.9 Å². The van der Waals surface area contributed by atoms with Gasteiger partial charge in [0.15, 0.2) is 0 Å². The van der Waals surface area contributed by atoms with Gasteiger partial charge in [-0.15, -0.1) is 0 Å². The maximum absolute atomic E-state index is 11.8. The fraction of sp³-hybridized carbons (Fsp3) is 0.929. The van der Waals surface area contributed by atoms with Crippen molar-refractivity contribution in [3.63, 3.8) is 0 Å². The molecule has 0 heterocycles. The summed E-state index contributed by atoms with van der Waals surface area (Å²) in [6, 6.07) is 0.664. The van der Waals surface area contributed by atoms with Gasteiger partial charge >= 0.3 is 0 Å². The van der Waals surface area contributed by atoms with E-state index in [-0.39, 0.29) is 5.91 Å². The number of amides is 1. The first-order chi connectivity index (χ1) is 8.24. The fourth-order valence-electron chi connectivity index (χ4n) is 2.40. The summed E-state index contributed by atoms with van der Waals surface area (Å²) in [5, 5.41) is 3.52. The molecule has 17 heavy (non-hydrogen) atoms. The van der Waals surface area contributed by atoms with E-state index < -0.39 is 0 Å². The summed E-state index contributed by atoms with van der Waals surface area (Å²) in [4.78, 5) is 13.6. The highest BCUT2D eigenvalue weighted by atomic mass is 16.2. The number of carbonyl (C=O) groups is 1. The number of hydrogen-bond acceptors (Lipinski definition) is 2. The van der Waals surface area contributed by atoms with Crippen molar-refractivity contribution in [3.8, 4) is 0 Å². The summed E-state index contributed by atoms with van der Waals surface area (Å²) in [7, 11) is 1.92. The van der Waals surface area contributed by atoms with Crippen LogP contribution >= 0.6 is 0 Å². The Morgan fingerprint density at radius 1 is 1.29 bits per heavy atom. The molecular weight excluding hydrogens is 212 g/mol. The Labute approximate surface area is 106 Å². The monoisotopic (exact) mass is 240 g/mol. The van der Waals surface area contributed by atoms with Gasteiger partial charge < -0.3 is 10.2 Å². The van der Waals surface area contributed by atoms with Gasteiger partial charge in [0, 0.05) is 32.6 Å². The molecule has 0 aromatic rings. The number of unbranched alkanes of at least 4 members (excludes halogenated alkanes) is 1. The van der Waals surface area contributed by atoms with Crippen LogP contribution in [0.3, 0.4) is 0 Å². The van der Waals surface area contributed by atoms with Gasteiger partial charge in [0.2, 0.25) is 5.91 Å². The molecule has 0 aliphatic heterocycles. The van der Waals surface area contributed by atoms with Gasteiger partial charge in [-0.05, 0) is 19.3 Å². The van der Waals surface area contributed by atoms with Gasteiger partial charge in [0.25, 0.3) is 0 Å². The molecule has 1 aliphatic carbocycles. The Bertz CT molecular complexity index is 212. The zero-order valence-corrected chi connectivity index (χ0v) is 11.5. The van der Waals surface area contributed by atoms with Crippen LogP contribution < -0.4 is 5.32 Å². The molecule has 1 fully saturated rings. The van der Waals surface area contributed by atoms with Crippen molar-refractivity contribution in [2.75, 3.05) is 20.1 Å². The predicted octanol–water partition coefficient (Wildman–Crippen LogP) is 2.56. The molecule has 1 N–H and O–H groups in total. The van der Waals surface area contributed by atoms with Crippen molar-refractivity contribution < 1.29 is 4.79 Å². The third-order valence-corrected chi connectivity index (χ3v) is 3.65. The van der Waals surface area contributed by atoms with E-state index in [4.69, 9.17) is 0 Å². The van der Waals surface area contributed by atoms with Gasteiger partial charge in [-0.25, -0.2) is 0 Å². The molecule has 1 aliphatic rings. The second kappa shape index (κ2) is 8.51. The summed E-state index contributed by atoms with van der Waals surface area (Å²) < 4.78 is 0. The Balaban J connectivity index is 2.06. The Kier molecular flexibility index (Phi) is 7.25. The average Bonchev–Trinajstić information content (AvgIpc) is 2.37. The highest BCUT2D eigenvalue weighted by molar-refractivity contribution is 5.76. The minimum atomic E-state index is 0.279. The van der Waals surface area contributed by atoms with Crippen LogP contribution in [0.1, 0.15) is 58.3 Å². The van der Waals surface area contributed by atoms with E-state index in [0.29, 0.717) is 12.5 Å². The molecule has 1 amide bonds. The van der Waals surface area contributed by atoms with Crippen LogP contribution in [0.2, 0.25) is 0 Å². The standard InChI is InChI=1S/C14H28N2O/c1-3-4-12-16(2)14(17)10-11-15-13-8-6-5-7-9-13/h13,15H,3-12H2,1-2H3. The first kappa shape index (κ1) is 14.5. The van der Waals surface area contributed by atoms with Gasteiger partial charge in [-0.2, -0.15) is 0 Å². The number of rotatable bonds is 7. The molecule has 1 saturated carbocycles.